The summed E-state index contributed by atoms with van der Waals surface area (Å²) in [7, 11) is 0. The van der Waals surface area contributed by atoms with E-state index in [1.165, 1.54) is 0 Å². The Kier molecular flexibility index (Phi) is 4.24. The van der Waals surface area contributed by atoms with E-state index in [2.05, 4.69) is 69.0 Å². The number of para-hydroxylation sites is 2. The summed E-state index contributed by atoms with van der Waals surface area (Å²) < 4.78 is 0. The summed E-state index contributed by atoms with van der Waals surface area (Å²) >= 11 is 0. The van der Waals surface area contributed by atoms with Crippen LogP contribution in [-0.4, -0.2) is 17.1 Å². The molecule has 0 saturated heterocycles. The Hall–Kier alpha value is -2.46. The number of nitrogens with zero attached hydrogens (tertiary/aromatic N) is 2. The van der Waals surface area contributed by atoms with E-state index < -0.39 is 0 Å². The third-order valence-electron chi connectivity index (χ3n) is 4.46. The highest BCUT2D eigenvalue weighted by atomic mass is 15.4. The molecule has 0 spiro atoms. The quantitative estimate of drug-likeness (QED) is 0.664. The number of hydrogen-bond acceptors (Lipinski definition) is 4. The van der Waals surface area contributed by atoms with E-state index in [-0.39, 0.29) is 6.04 Å². The Morgan fingerprint density at radius 2 is 1.33 bits per heavy atom. The van der Waals surface area contributed by atoms with Gasteiger partial charge in [0.05, 0.1) is 22.8 Å². The van der Waals surface area contributed by atoms with Crippen LogP contribution in [-0.2, 0) is 0 Å². The topological polar surface area (TPSA) is 58.5 Å². The summed E-state index contributed by atoms with van der Waals surface area (Å²) in [5.41, 5.74) is 12.6. The number of fused-ring (bicyclic) bond motifs is 2. The van der Waals surface area contributed by atoms with Crippen molar-refractivity contribution in [3.05, 3.63) is 59.7 Å². The van der Waals surface area contributed by atoms with E-state index in [0.29, 0.717) is 6.04 Å². The van der Waals surface area contributed by atoms with Crippen LogP contribution < -0.4 is 16.5 Å². The van der Waals surface area contributed by atoms with Crippen LogP contribution in [0, 0.1) is 0 Å². The molecular formula is C20H26N4. The maximum Gasteiger partial charge on any atom is 0.0849 e. The first-order chi connectivity index (χ1) is 11.4. The highest BCUT2D eigenvalue weighted by Crippen LogP contribution is 2.43. The molecule has 2 aromatic carbocycles. The summed E-state index contributed by atoms with van der Waals surface area (Å²) in [6, 6.07) is 17.0. The number of hydrogen-bond donors (Lipinski definition) is 2. The molecule has 24 heavy (non-hydrogen) atoms. The van der Waals surface area contributed by atoms with Crippen molar-refractivity contribution in [1.82, 2.24) is 5.01 Å². The predicted octanol–water partition coefficient (Wildman–Crippen LogP) is 3.92. The Bertz CT molecular complexity index is 777. The van der Waals surface area contributed by atoms with Crippen molar-refractivity contribution in [1.29, 1.82) is 0 Å². The van der Waals surface area contributed by atoms with Gasteiger partial charge >= 0.3 is 0 Å². The van der Waals surface area contributed by atoms with Crippen LogP contribution in [0.5, 0.6) is 0 Å². The molecule has 0 bridgehead atoms. The maximum absolute atomic E-state index is 6.64. The second-order valence-corrected chi connectivity index (χ2v) is 6.76. The molecule has 126 valence electrons. The second kappa shape index (κ2) is 6.21. The molecular weight excluding hydrogens is 296 g/mol. The lowest BCUT2D eigenvalue weighted by Gasteiger charge is -2.32. The third-order valence-corrected chi connectivity index (χ3v) is 4.46. The molecule has 4 N–H and O–H groups in total. The highest BCUT2D eigenvalue weighted by Gasteiger charge is 2.29. The lowest BCUT2D eigenvalue weighted by molar-refractivity contribution is 0.344. The zero-order valence-corrected chi connectivity index (χ0v) is 14.8. The molecule has 3 rings (SSSR count). The average Bonchev–Trinajstić information content (AvgIpc) is 2.66. The van der Waals surface area contributed by atoms with E-state index in [4.69, 9.17) is 11.6 Å². The van der Waals surface area contributed by atoms with Crippen molar-refractivity contribution in [2.75, 3.05) is 4.90 Å². The van der Waals surface area contributed by atoms with Gasteiger partial charge in [0.15, 0.2) is 0 Å². The summed E-state index contributed by atoms with van der Waals surface area (Å²) in [5.74, 6) is 6.42. The second-order valence-electron chi connectivity index (χ2n) is 6.76. The Labute approximate surface area is 144 Å². The van der Waals surface area contributed by atoms with Gasteiger partial charge in [0.1, 0.15) is 0 Å². The van der Waals surface area contributed by atoms with Crippen LogP contribution in [0.4, 0.5) is 11.4 Å². The highest BCUT2D eigenvalue weighted by molar-refractivity contribution is 5.99. The minimum absolute atomic E-state index is 0.143. The molecule has 0 fully saturated rings. The van der Waals surface area contributed by atoms with Gasteiger partial charge in [-0.15, -0.1) is 0 Å². The predicted molar refractivity (Wildman–Crippen MR) is 102 cm³/mol. The van der Waals surface area contributed by atoms with Crippen molar-refractivity contribution < 1.29 is 0 Å². The fraction of sp³-hybridized carbons (Fsp3) is 0.300. The first-order valence-corrected chi connectivity index (χ1v) is 8.45. The van der Waals surface area contributed by atoms with Gasteiger partial charge in [-0.2, -0.15) is 0 Å². The van der Waals surface area contributed by atoms with Gasteiger partial charge in [0.25, 0.3) is 0 Å². The maximum atomic E-state index is 6.64. The molecule has 4 heteroatoms. The first kappa shape index (κ1) is 16.4. The van der Waals surface area contributed by atoms with E-state index in [1.807, 2.05) is 12.1 Å². The standard InChI is InChI=1S/C20H26N4/c1-13(2)23-17-11-7-5-9-15(17)19(21)20(24(22)14(3)4)16-10-6-8-12-18(16)23/h5-14H,21-22H2,1-4H3. The molecule has 0 amide bonds. The summed E-state index contributed by atoms with van der Waals surface area (Å²) in [6.45, 7) is 8.52. The Morgan fingerprint density at radius 3 is 1.88 bits per heavy atom. The van der Waals surface area contributed by atoms with E-state index >= 15 is 0 Å². The molecule has 0 atom stereocenters. The van der Waals surface area contributed by atoms with Gasteiger partial charge in [0, 0.05) is 23.2 Å². The zero-order valence-electron chi connectivity index (χ0n) is 14.8. The van der Waals surface area contributed by atoms with Gasteiger partial charge in [-0.3, -0.25) is 0 Å². The van der Waals surface area contributed by atoms with Gasteiger partial charge < -0.3 is 15.6 Å². The molecule has 1 aliphatic heterocycles. The fourth-order valence-electron chi connectivity index (χ4n) is 3.29. The van der Waals surface area contributed by atoms with Crippen LogP contribution in [0.25, 0.3) is 11.4 Å². The number of hydrazine groups is 1. The first-order valence-electron chi connectivity index (χ1n) is 8.45. The smallest absolute Gasteiger partial charge is 0.0849 e. The lowest BCUT2D eigenvalue weighted by atomic mass is 10.0. The molecule has 2 aromatic rings. The van der Waals surface area contributed by atoms with Crippen molar-refractivity contribution in [3.63, 3.8) is 0 Å². The normalized spacial score (nSPS) is 13.9. The molecule has 4 nitrogen and oxygen atoms in total. The number of nitrogens with two attached hydrogens (primary N) is 2. The fourth-order valence-corrected chi connectivity index (χ4v) is 3.29. The van der Waals surface area contributed by atoms with Crippen molar-refractivity contribution >= 4 is 22.8 Å². The summed E-state index contributed by atoms with van der Waals surface area (Å²) in [4.78, 5) is 2.33. The number of anilines is 2. The van der Waals surface area contributed by atoms with Gasteiger partial charge in [0.2, 0.25) is 0 Å². The summed E-state index contributed by atoms with van der Waals surface area (Å²) in [6.07, 6.45) is 0. The summed E-state index contributed by atoms with van der Waals surface area (Å²) in [5, 5.41) is 1.77. The minimum atomic E-state index is 0.143. The molecule has 1 aliphatic rings. The SMILES string of the molecule is CC(C)N(N)C1=C(N)c2ccccc2N(C(C)C)c2ccccc21. The van der Waals surface area contributed by atoms with E-state index in [1.54, 1.807) is 5.01 Å². The largest absolute Gasteiger partial charge is 0.396 e. The van der Waals surface area contributed by atoms with Crippen molar-refractivity contribution in [2.24, 2.45) is 11.6 Å². The number of benzene rings is 2. The van der Waals surface area contributed by atoms with Gasteiger partial charge in [-0.1, -0.05) is 36.4 Å². The van der Waals surface area contributed by atoms with Crippen LogP contribution in [0.15, 0.2) is 48.5 Å². The van der Waals surface area contributed by atoms with E-state index in [0.717, 1.165) is 33.9 Å². The monoisotopic (exact) mass is 322 g/mol. The Balaban J connectivity index is 2.39. The zero-order chi connectivity index (χ0) is 17.4. The van der Waals surface area contributed by atoms with Gasteiger partial charge in [-0.05, 0) is 39.8 Å². The Morgan fingerprint density at radius 1 is 0.833 bits per heavy atom. The molecule has 1 heterocycles. The van der Waals surface area contributed by atoms with Crippen LogP contribution in [0.2, 0.25) is 0 Å². The van der Waals surface area contributed by atoms with Crippen LogP contribution in [0.1, 0.15) is 38.8 Å². The van der Waals surface area contributed by atoms with E-state index in [9.17, 15) is 0 Å². The van der Waals surface area contributed by atoms with Crippen LogP contribution >= 0.6 is 0 Å². The molecule has 0 aromatic heterocycles. The molecule has 0 radical (unpaired) electrons. The minimum Gasteiger partial charge on any atom is -0.396 e. The van der Waals surface area contributed by atoms with Gasteiger partial charge in [-0.25, -0.2) is 5.84 Å². The van der Waals surface area contributed by atoms with Crippen molar-refractivity contribution in [2.45, 2.75) is 39.8 Å². The third kappa shape index (κ3) is 2.53. The molecule has 0 unspecified atom stereocenters. The molecule has 0 aliphatic carbocycles. The average molecular weight is 322 g/mol. The van der Waals surface area contributed by atoms with Crippen LogP contribution in [0.3, 0.4) is 0 Å². The number of rotatable bonds is 3. The lowest BCUT2D eigenvalue weighted by Crippen LogP contribution is -2.37. The van der Waals surface area contributed by atoms with Crippen molar-refractivity contribution in [3.8, 4) is 0 Å². The molecule has 0 saturated carbocycles.